The van der Waals surface area contributed by atoms with Gasteiger partial charge in [-0.1, -0.05) is 36.4 Å². The molecule has 39 heavy (non-hydrogen) atoms. The molecule has 3 aromatic carbocycles. The Morgan fingerprint density at radius 1 is 1.05 bits per heavy atom. The van der Waals surface area contributed by atoms with E-state index < -0.39 is 35.5 Å². The van der Waals surface area contributed by atoms with E-state index in [1.165, 1.54) is 11.0 Å². The fraction of sp³-hybridized carbons (Fsp3) is 0.172. The number of fused-ring (bicyclic) bond motifs is 1. The Bertz CT molecular complexity index is 1590. The number of nitrogens with zero attached hydrogens (tertiary/aromatic N) is 4. The lowest BCUT2D eigenvalue weighted by Crippen LogP contribution is -2.55. The molecule has 1 aliphatic rings. The maximum atomic E-state index is 14.0. The van der Waals surface area contributed by atoms with E-state index in [2.05, 4.69) is 16.5 Å². The molecule has 0 bridgehead atoms. The number of hydrogen-bond acceptors (Lipinski definition) is 4. The van der Waals surface area contributed by atoms with Crippen LogP contribution in [-0.2, 0) is 11.0 Å². The van der Waals surface area contributed by atoms with Crippen molar-refractivity contribution in [2.45, 2.75) is 25.1 Å². The number of nitriles is 1. The van der Waals surface area contributed by atoms with Crippen molar-refractivity contribution in [3.8, 4) is 11.8 Å². The maximum Gasteiger partial charge on any atom is 0.416 e. The fourth-order valence-electron chi connectivity index (χ4n) is 4.88. The van der Waals surface area contributed by atoms with Crippen LogP contribution in [0.4, 0.5) is 19.0 Å². The highest BCUT2D eigenvalue weighted by Gasteiger charge is 2.44. The molecular weight excluding hydrogens is 507 g/mol. The quantitative estimate of drug-likeness (QED) is 0.391. The molecule has 10 heteroatoms. The number of benzene rings is 3. The van der Waals surface area contributed by atoms with Crippen molar-refractivity contribution < 1.29 is 22.8 Å². The summed E-state index contributed by atoms with van der Waals surface area (Å²) in [7, 11) is 0. The number of anilines is 1. The molecule has 0 saturated carbocycles. The van der Waals surface area contributed by atoms with Crippen molar-refractivity contribution in [2.24, 2.45) is 0 Å². The van der Waals surface area contributed by atoms with Gasteiger partial charge in [0.1, 0.15) is 11.9 Å². The molecule has 196 valence electrons. The van der Waals surface area contributed by atoms with E-state index in [-0.39, 0.29) is 12.1 Å². The highest BCUT2D eigenvalue weighted by atomic mass is 19.4. The Labute approximate surface area is 222 Å². The van der Waals surface area contributed by atoms with Crippen LogP contribution in [0.5, 0.6) is 0 Å². The van der Waals surface area contributed by atoms with Crippen LogP contribution in [-0.4, -0.2) is 34.2 Å². The van der Waals surface area contributed by atoms with Crippen LogP contribution >= 0.6 is 0 Å². The summed E-state index contributed by atoms with van der Waals surface area (Å²) in [5.41, 5.74) is 1.10. The first kappa shape index (κ1) is 25.7. The van der Waals surface area contributed by atoms with E-state index in [0.717, 1.165) is 23.9 Å². The summed E-state index contributed by atoms with van der Waals surface area (Å²) >= 11 is 0. The van der Waals surface area contributed by atoms with Gasteiger partial charge in [-0.2, -0.15) is 23.5 Å². The van der Waals surface area contributed by atoms with Gasteiger partial charge in [-0.3, -0.25) is 14.5 Å². The van der Waals surface area contributed by atoms with Gasteiger partial charge in [0.05, 0.1) is 29.1 Å². The average molecular weight is 530 g/mol. The van der Waals surface area contributed by atoms with Crippen molar-refractivity contribution >= 4 is 17.6 Å². The van der Waals surface area contributed by atoms with Crippen molar-refractivity contribution in [1.82, 2.24) is 15.1 Å². The zero-order valence-corrected chi connectivity index (χ0v) is 20.7. The summed E-state index contributed by atoms with van der Waals surface area (Å²) in [6, 6.07) is 20.9. The number of para-hydroxylation sites is 1. The molecule has 2 amide bonds. The van der Waals surface area contributed by atoms with E-state index in [0.29, 0.717) is 22.5 Å². The van der Waals surface area contributed by atoms with Crippen molar-refractivity contribution in [3.05, 3.63) is 113 Å². The summed E-state index contributed by atoms with van der Waals surface area (Å²) in [5.74, 6) is -1.51. The minimum atomic E-state index is -4.63. The largest absolute Gasteiger partial charge is 0.416 e. The van der Waals surface area contributed by atoms with Gasteiger partial charge >= 0.3 is 6.18 Å². The van der Waals surface area contributed by atoms with E-state index in [4.69, 9.17) is 0 Å². The number of carbonyl (C=O) groups excluding carboxylic acids is 2. The standard InChI is InChI=1S/C29H22F3N5O2/c1-2-36-27-23(17-34-37(27)22-12-4-3-5-13-22)24(19-9-6-8-18(14-19)16-33)25(28(36)39)35-26(38)20-10-7-11-21(15-20)29(30,31)32/h3-15,17,24-25H,2H2,1H3,(H,35,38)/t24-,25+/m1/s1. The van der Waals surface area contributed by atoms with Crippen LogP contribution < -0.4 is 10.2 Å². The smallest absolute Gasteiger partial charge is 0.339 e. The lowest BCUT2D eigenvalue weighted by atomic mass is 9.82. The molecule has 1 aliphatic heterocycles. The average Bonchev–Trinajstić information content (AvgIpc) is 3.38. The van der Waals surface area contributed by atoms with Crippen molar-refractivity contribution in [3.63, 3.8) is 0 Å². The lowest BCUT2D eigenvalue weighted by molar-refractivity contribution is -0.137. The van der Waals surface area contributed by atoms with Crippen LogP contribution in [0.1, 0.15) is 45.5 Å². The Morgan fingerprint density at radius 3 is 2.49 bits per heavy atom. The molecule has 0 radical (unpaired) electrons. The Kier molecular flexibility index (Phi) is 6.66. The van der Waals surface area contributed by atoms with Crippen LogP contribution in [0, 0.1) is 11.3 Å². The van der Waals surface area contributed by atoms with Crippen molar-refractivity contribution in [1.29, 1.82) is 5.26 Å². The summed E-state index contributed by atoms with van der Waals surface area (Å²) in [5, 5.41) is 16.7. The van der Waals surface area contributed by atoms with E-state index in [9.17, 15) is 28.0 Å². The number of rotatable bonds is 5. The molecule has 0 aliphatic carbocycles. The highest BCUT2D eigenvalue weighted by molar-refractivity contribution is 6.05. The number of nitrogens with one attached hydrogen (secondary N) is 1. The zero-order valence-electron chi connectivity index (χ0n) is 20.7. The number of alkyl halides is 3. The molecular formula is C29H22F3N5O2. The van der Waals surface area contributed by atoms with Gasteiger partial charge < -0.3 is 5.32 Å². The summed E-state index contributed by atoms with van der Waals surface area (Å²) < 4.78 is 41.5. The molecule has 5 rings (SSSR count). The lowest BCUT2D eigenvalue weighted by Gasteiger charge is -2.38. The van der Waals surface area contributed by atoms with Crippen molar-refractivity contribution in [2.75, 3.05) is 11.4 Å². The van der Waals surface area contributed by atoms with E-state index in [1.54, 1.807) is 42.1 Å². The summed E-state index contributed by atoms with van der Waals surface area (Å²) in [6.45, 7) is 2.04. The third kappa shape index (κ3) is 4.75. The second-order valence-electron chi connectivity index (χ2n) is 9.00. The molecule has 0 unspecified atom stereocenters. The van der Waals surface area contributed by atoms with Gasteiger partial charge in [0.2, 0.25) is 0 Å². The summed E-state index contributed by atoms with van der Waals surface area (Å²) in [6.07, 6.45) is -3.01. The maximum absolute atomic E-state index is 14.0. The van der Waals surface area contributed by atoms with Gasteiger partial charge in [0, 0.05) is 23.6 Å². The molecule has 7 nitrogen and oxygen atoms in total. The third-order valence-corrected chi connectivity index (χ3v) is 6.66. The Morgan fingerprint density at radius 2 is 1.79 bits per heavy atom. The number of likely N-dealkylation sites (N-methyl/N-ethyl adjacent to an activating group) is 1. The number of hydrogen-bond donors (Lipinski definition) is 1. The van der Waals surface area contributed by atoms with Gasteiger partial charge in [0.15, 0.2) is 0 Å². The molecule has 1 aromatic heterocycles. The third-order valence-electron chi connectivity index (χ3n) is 6.66. The summed E-state index contributed by atoms with van der Waals surface area (Å²) in [4.78, 5) is 28.7. The second-order valence-corrected chi connectivity index (χ2v) is 9.00. The Hall–Kier alpha value is -4.91. The van der Waals surface area contributed by atoms with Gasteiger partial charge in [-0.15, -0.1) is 0 Å². The first-order valence-electron chi connectivity index (χ1n) is 12.2. The molecule has 0 fully saturated rings. The molecule has 2 heterocycles. The van der Waals surface area contributed by atoms with Gasteiger partial charge in [-0.25, -0.2) is 4.68 Å². The predicted octanol–water partition coefficient (Wildman–Crippen LogP) is 5.06. The SMILES string of the molecule is CCN1C(=O)[C@@H](NC(=O)c2cccc(C(F)(F)F)c2)[C@H](c2cccc(C#N)c2)c2cnn(-c3ccccc3)c21. The number of amides is 2. The van der Waals surface area contributed by atoms with E-state index in [1.807, 2.05) is 30.3 Å². The molecule has 0 saturated heterocycles. The normalized spacial score (nSPS) is 16.9. The zero-order chi connectivity index (χ0) is 27.7. The fourth-order valence-corrected chi connectivity index (χ4v) is 4.88. The minimum absolute atomic E-state index is 0.226. The monoisotopic (exact) mass is 529 g/mol. The van der Waals surface area contributed by atoms with Crippen LogP contribution in [0.3, 0.4) is 0 Å². The number of halogens is 3. The highest BCUT2D eigenvalue weighted by Crippen LogP contribution is 2.41. The number of carbonyl (C=O) groups is 2. The van der Waals surface area contributed by atoms with Gasteiger partial charge in [0.25, 0.3) is 11.8 Å². The number of aromatic nitrogens is 2. The van der Waals surface area contributed by atoms with Gasteiger partial charge in [-0.05, 0) is 55.0 Å². The van der Waals surface area contributed by atoms with Crippen LogP contribution in [0.15, 0.2) is 85.1 Å². The molecule has 4 aromatic rings. The predicted molar refractivity (Wildman–Crippen MR) is 137 cm³/mol. The first-order valence-corrected chi connectivity index (χ1v) is 12.2. The minimum Gasteiger partial charge on any atom is -0.339 e. The van der Waals surface area contributed by atoms with Crippen LogP contribution in [0.25, 0.3) is 5.69 Å². The molecule has 1 N–H and O–H groups in total. The van der Waals surface area contributed by atoms with Crippen LogP contribution in [0.2, 0.25) is 0 Å². The molecule has 0 spiro atoms. The first-order chi connectivity index (χ1) is 18.7. The Balaban J connectivity index is 1.63. The topological polar surface area (TPSA) is 91.0 Å². The van der Waals surface area contributed by atoms with E-state index >= 15 is 0 Å². The molecule has 2 atom stereocenters. The second kappa shape index (κ2) is 10.1.